The van der Waals surface area contributed by atoms with Crippen LogP contribution in [0.15, 0.2) is 30.3 Å². The smallest absolute Gasteiger partial charge is 0.304 e. The lowest BCUT2D eigenvalue weighted by Gasteiger charge is -2.06. The van der Waals surface area contributed by atoms with Gasteiger partial charge in [-0.2, -0.15) is 0 Å². The summed E-state index contributed by atoms with van der Waals surface area (Å²) in [5, 5.41) is 8.41. The molecule has 0 bridgehead atoms. The number of hydrogen-bond donors (Lipinski definition) is 1. The molecule has 0 unspecified atom stereocenters. The van der Waals surface area contributed by atoms with Gasteiger partial charge in [-0.15, -0.1) is 0 Å². The normalized spacial score (nSPS) is 11.1. The van der Waals surface area contributed by atoms with Crippen LogP contribution in [0.5, 0.6) is 5.75 Å². The molecule has 6 heteroatoms. The number of rotatable bonds is 8. The van der Waals surface area contributed by atoms with Crippen molar-refractivity contribution in [1.29, 1.82) is 0 Å². The molecule has 5 nitrogen and oxygen atoms in total. The van der Waals surface area contributed by atoms with E-state index in [0.717, 1.165) is 0 Å². The quantitative estimate of drug-likeness (QED) is 0.722. The van der Waals surface area contributed by atoms with Crippen LogP contribution >= 0.6 is 0 Å². The van der Waals surface area contributed by atoms with E-state index in [1.165, 1.54) is 0 Å². The summed E-state index contributed by atoms with van der Waals surface area (Å²) in [5.74, 6) is -0.764. The first kappa shape index (κ1) is 14.5. The van der Waals surface area contributed by atoms with E-state index in [9.17, 15) is 13.2 Å². The zero-order valence-corrected chi connectivity index (χ0v) is 10.7. The fourth-order valence-corrected chi connectivity index (χ4v) is 2.58. The van der Waals surface area contributed by atoms with Gasteiger partial charge < -0.3 is 9.84 Å². The van der Waals surface area contributed by atoms with Crippen molar-refractivity contribution in [3.8, 4) is 5.75 Å². The fourth-order valence-electron chi connectivity index (χ4n) is 1.33. The molecule has 0 aliphatic rings. The Morgan fingerprint density at radius 1 is 1.17 bits per heavy atom. The van der Waals surface area contributed by atoms with Crippen molar-refractivity contribution in [1.82, 2.24) is 0 Å². The number of aliphatic carboxylic acids is 1. The van der Waals surface area contributed by atoms with Crippen molar-refractivity contribution in [2.45, 2.75) is 12.8 Å². The van der Waals surface area contributed by atoms with Crippen LogP contribution in [0, 0.1) is 0 Å². The molecule has 0 radical (unpaired) electrons. The van der Waals surface area contributed by atoms with Gasteiger partial charge in [0.25, 0.3) is 0 Å². The lowest BCUT2D eigenvalue weighted by molar-refractivity contribution is -0.136. The van der Waals surface area contributed by atoms with E-state index in [1.54, 1.807) is 12.1 Å². The number of hydrogen-bond acceptors (Lipinski definition) is 4. The van der Waals surface area contributed by atoms with Gasteiger partial charge in [0.2, 0.25) is 0 Å². The van der Waals surface area contributed by atoms with E-state index in [0.29, 0.717) is 18.8 Å². The number of para-hydroxylation sites is 1. The van der Waals surface area contributed by atoms with Crippen LogP contribution in [0.4, 0.5) is 0 Å². The van der Waals surface area contributed by atoms with Crippen molar-refractivity contribution in [2.75, 3.05) is 18.1 Å². The van der Waals surface area contributed by atoms with Crippen LogP contribution < -0.4 is 4.74 Å². The Kier molecular flexibility index (Phi) is 5.64. The number of ether oxygens (including phenoxy) is 1. The minimum atomic E-state index is -3.29. The molecule has 0 saturated heterocycles. The van der Waals surface area contributed by atoms with Crippen LogP contribution in [0.3, 0.4) is 0 Å². The molecule has 1 N–H and O–H groups in total. The largest absolute Gasteiger partial charge is 0.494 e. The maximum absolute atomic E-state index is 11.4. The predicted octanol–water partition coefficient (Wildman–Crippen LogP) is 1.34. The third kappa shape index (κ3) is 6.24. The maximum atomic E-state index is 11.4. The van der Waals surface area contributed by atoms with E-state index in [2.05, 4.69) is 0 Å². The Labute approximate surface area is 106 Å². The van der Waals surface area contributed by atoms with Crippen LogP contribution in [-0.4, -0.2) is 37.6 Å². The Morgan fingerprint density at radius 2 is 1.83 bits per heavy atom. The summed E-state index contributed by atoms with van der Waals surface area (Å²) in [6.45, 7) is 0.302. The van der Waals surface area contributed by atoms with Crippen molar-refractivity contribution in [2.24, 2.45) is 0 Å². The van der Waals surface area contributed by atoms with Crippen LogP contribution in [0.25, 0.3) is 0 Å². The molecule has 0 aliphatic carbocycles. The highest BCUT2D eigenvalue weighted by atomic mass is 32.2. The van der Waals surface area contributed by atoms with Crippen molar-refractivity contribution in [3.05, 3.63) is 30.3 Å². The van der Waals surface area contributed by atoms with E-state index >= 15 is 0 Å². The number of carboxylic acids is 1. The highest BCUT2D eigenvalue weighted by Gasteiger charge is 2.12. The van der Waals surface area contributed by atoms with Gasteiger partial charge in [-0.1, -0.05) is 18.2 Å². The molecule has 0 aromatic heterocycles. The fraction of sp³-hybridized carbons (Fsp3) is 0.417. The van der Waals surface area contributed by atoms with Crippen molar-refractivity contribution in [3.63, 3.8) is 0 Å². The molecular weight excluding hydrogens is 256 g/mol. The Balaban J connectivity index is 2.23. The first-order chi connectivity index (χ1) is 8.49. The minimum Gasteiger partial charge on any atom is -0.494 e. The number of benzene rings is 1. The average molecular weight is 272 g/mol. The number of carbonyl (C=O) groups is 1. The maximum Gasteiger partial charge on any atom is 0.304 e. The summed E-state index contributed by atoms with van der Waals surface area (Å²) in [6, 6.07) is 9.11. The first-order valence-corrected chi connectivity index (χ1v) is 7.42. The van der Waals surface area contributed by atoms with Gasteiger partial charge >= 0.3 is 5.97 Å². The molecule has 1 aromatic rings. The lowest BCUT2D eigenvalue weighted by atomic mass is 10.3. The zero-order chi connectivity index (χ0) is 13.4. The zero-order valence-electron chi connectivity index (χ0n) is 9.91. The minimum absolute atomic E-state index is 0.0485. The highest BCUT2D eigenvalue weighted by molar-refractivity contribution is 7.91. The molecule has 0 saturated carbocycles. The topological polar surface area (TPSA) is 80.7 Å². The molecule has 1 aromatic carbocycles. The number of carboxylic acid groups (broad SMARTS) is 1. The summed E-state index contributed by atoms with van der Waals surface area (Å²) in [5.41, 5.74) is 0. The third-order valence-corrected chi connectivity index (χ3v) is 3.98. The van der Waals surface area contributed by atoms with Gasteiger partial charge in [0, 0.05) is 0 Å². The molecule has 0 spiro atoms. The molecular formula is C12H16O5S. The van der Waals surface area contributed by atoms with E-state index < -0.39 is 15.8 Å². The molecule has 0 amide bonds. The Bertz CT molecular complexity index is 467. The predicted molar refractivity (Wildman–Crippen MR) is 67.5 cm³/mol. The summed E-state index contributed by atoms with van der Waals surface area (Å²) < 4.78 is 28.2. The standard InChI is InChI=1S/C12H16O5S/c13-12(14)7-10-18(15,16)9-4-8-17-11-5-2-1-3-6-11/h1-3,5-6H,4,7-10H2,(H,13,14). The molecule has 0 aliphatic heterocycles. The SMILES string of the molecule is O=C(O)CCS(=O)(=O)CCCOc1ccccc1. The third-order valence-electron chi connectivity index (χ3n) is 2.24. The van der Waals surface area contributed by atoms with E-state index in [1.807, 2.05) is 18.2 Å². The molecule has 18 heavy (non-hydrogen) atoms. The van der Waals surface area contributed by atoms with Crippen LogP contribution in [0.1, 0.15) is 12.8 Å². The highest BCUT2D eigenvalue weighted by Crippen LogP contribution is 2.08. The Hall–Kier alpha value is -1.56. The van der Waals surface area contributed by atoms with Crippen molar-refractivity contribution >= 4 is 15.8 Å². The molecule has 0 heterocycles. The second kappa shape index (κ2) is 7.00. The summed E-state index contributed by atoms with van der Waals surface area (Å²) >= 11 is 0. The lowest BCUT2D eigenvalue weighted by Crippen LogP contribution is -2.16. The van der Waals surface area contributed by atoms with E-state index in [4.69, 9.17) is 9.84 Å². The van der Waals surface area contributed by atoms with Gasteiger partial charge in [-0.05, 0) is 18.6 Å². The molecule has 0 atom stereocenters. The molecule has 1 rings (SSSR count). The monoisotopic (exact) mass is 272 g/mol. The number of sulfone groups is 1. The summed E-state index contributed by atoms with van der Waals surface area (Å²) in [7, 11) is -3.29. The summed E-state index contributed by atoms with van der Waals surface area (Å²) in [6.07, 6.45) is 0.0126. The second-order valence-corrected chi connectivity index (χ2v) is 6.11. The Morgan fingerprint density at radius 3 is 2.44 bits per heavy atom. The second-order valence-electron chi connectivity index (χ2n) is 3.81. The van der Waals surface area contributed by atoms with Crippen LogP contribution in [0.2, 0.25) is 0 Å². The first-order valence-electron chi connectivity index (χ1n) is 5.60. The van der Waals surface area contributed by atoms with E-state index in [-0.39, 0.29) is 17.9 Å². The van der Waals surface area contributed by atoms with Gasteiger partial charge in [0.05, 0.1) is 24.5 Å². The van der Waals surface area contributed by atoms with Gasteiger partial charge in [0.15, 0.2) is 9.84 Å². The van der Waals surface area contributed by atoms with Gasteiger partial charge in [0.1, 0.15) is 5.75 Å². The van der Waals surface area contributed by atoms with Crippen molar-refractivity contribution < 1.29 is 23.1 Å². The molecule has 0 fully saturated rings. The van der Waals surface area contributed by atoms with Gasteiger partial charge in [-0.3, -0.25) is 4.79 Å². The van der Waals surface area contributed by atoms with Crippen LogP contribution in [-0.2, 0) is 14.6 Å². The average Bonchev–Trinajstić information content (AvgIpc) is 2.34. The summed E-state index contributed by atoms with van der Waals surface area (Å²) in [4.78, 5) is 10.3. The van der Waals surface area contributed by atoms with Gasteiger partial charge in [-0.25, -0.2) is 8.42 Å². The molecule has 100 valence electrons.